The van der Waals surface area contributed by atoms with Gasteiger partial charge in [0.2, 0.25) is 70.9 Å². The molecular formula is C73H120ClF3N12O12. The lowest BCUT2D eigenvalue weighted by Gasteiger charge is -2.42. The molecule has 0 aromatic rings. The van der Waals surface area contributed by atoms with Crippen molar-refractivity contribution in [2.75, 3.05) is 89.1 Å². The molecule has 28 heteroatoms. The second-order valence-corrected chi connectivity index (χ2v) is 31.8. The van der Waals surface area contributed by atoms with Gasteiger partial charge in [0.05, 0.1) is 32.0 Å². The van der Waals surface area contributed by atoms with Crippen LogP contribution >= 0.6 is 11.6 Å². The van der Waals surface area contributed by atoms with Gasteiger partial charge in [0.15, 0.2) is 0 Å². The Morgan fingerprint density at radius 2 is 1.13 bits per heavy atom. The summed E-state index contributed by atoms with van der Waals surface area (Å²) in [5.41, 5.74) is -1.59. The van der Waals surface area contributed by atoms with E-state index in [1.165, 1.54) is 82.9 Å². The average molecular weight is 1450 g/mol. The van der Waals surface area contributed by atoms with Crippen LogP contribution in [0.15, 0.2) is 0 Å². The summed E-state index contributed by atoms with van der Waals surface area (Å²) in [7, 11) is 11.3. The molecule has 0 radical (unpaired) electrons. The molecule has 0 bridgehead atoms. The highest BCUT2D eigenvalue weighted by molar-refractivity contribution is 6.21. The fourth-order valence-corrected chi connectivity index (χ4v) is 16.7. The molecule has 3 unspecified atom stereocenters. The molecule has 6 rings (SSSR count). The van der Waals surface area contributed by atoms with Crippen molar-refractivity contribution in [3.8, 4) is 0 Å². The molecule has 1 spiro atoms. The minimum absolute atomic E-state index is 0.00812. The van der Waals surface area contributed by atoms with Crippen LogP contribution in [0.2, 0.25) is 0 Å². The number of nitrogens with zero attached hydrogens (tertiary/aromatic N) is 9. The number of carbonyl (C=O) groups is 12. The van der Waals surface area contributed by atoms with Gasteiger partial charge in [0, 0.05) is 74.8 Å². The predicted octanol–water partition coefficient (Wildman–Crippen LogP) is 6.59. The van der Waals surface area contributed by atoms with E-state index in [1.807, 2.05) is 6.92 Å². The summed E-state index contributed by atoms with van der Waals surface area (Å²) < 4.78 is 42.3. The van der Waals surface area contributed by atoms with Crippen molar-refractivity contribution < 1.29 is 70.7 Å². The van der Waals surface area contributed by atoms with E-state index in [9.17, 15) is 51.5 Å². The number of piperidine rings is 1. The van der Waals surface area contributed by atoms with Crippen LogP contribution in [0.3, 0.4) is 0 Å². The molecule has 6 fully saturated rings. The van der Waals surface area contributed by atoms with E-state index in [0.717, 1.165) is 83.8 Å². The fourth-order valence-electron chi connectivity index (χ4n) is 16.2. The number of alkyl halides is 4. The number of halogens is 4. The van der Waals surface area contributed by atoms with Gasteiger partial charge in [-0.25, -0.2) is 0 Å². The van der Waals surface area contributed by atoms with E-state index in [2.05, 4.69) is 22.9 Å². The Morgan fingerprint density at radius 3 is 1.71 bits per heavy atom. The molecule has 2 saturated heterocycles. The first-order valence-corrected chi connectivity index (χ1v) is 37.8. The molecule has 2 heterocycles. The molecule has 24 nitrogen and oxygen atoms in total. The maximum absolute atomic E-state index is 15.7. The predicted molar refractivity (Wildman–Crippen MR) is 377 cm³/mol. The Kier molecular flexibility index (Phi) is 31.0. The highest BCUT2D eigenvalue weighted by Gasteiger charge is 2.51. The SMILES string of the molecule is CC[C@H](C)[C@@H]1NC(=O)[C@H](C)N(C)C(=O)C[C@@H](C(=O)N2CCCCC2)N(C)C(=O)[C@H](C(C)C)N(C)C(=O)C2(CCCC2)NC(=O)[C@H](CC2CCC(C)CC2)N(C)C(=O)[C@H](CCC2CCC(C(F)(F)F)C(Cl)C2)NC(=O)CN(C)C(=O)[C@H](CC2CCCCC2)N(C)C(=O)CN(C)C(=O)CN(C)C1=O. The van der Waals surface area contributed by atoms with E-state index < -0.39 is 174 Å². The minimum atomic E-state index is -4.52. The van der Waals surface area contributed by atoms with E-state index in [-0.39, 0.29) is 75.5 Å². The second-order valence-electron chi connectivity index (χ2n) is 31.3. The first kappa shape index (κ1) is 83.7. The van der Waals surface area contributed by atoms with Crippen molar-refractivity contribution in [3.63, 3.8) is 0 Å². The zero-order chi connectivity index (χ0) is 75.1. The molecule has 2 aliphatic heterocycles. The van der Waals surface area contributed by atoms with Crippen LogP contribution in [0.4, 0.5) is 13.2 Å². The Hall–Kier alpha value is -6.28. The van der Waals surface area contributed by atoms with Crippen LogP contribution < -0.4 is 16.0 Å². The van der Waals surface area contributed by atoms with Crippen LogP contribution in [0, 0.1) is 41.4 Å². The van der Waals surface area contributed by atoms with E-state index in [0.29, 0.717) is 51.1 Å². The first-order chi connectivity index (χ1) is 47.4. The van der Waals surface area contributed by atoms with Gasteiger partial charge in [-0.1, -0.05) is 112 Å². The molecule has 6 aliphatic rings. The average Bonchev–Trinajstić information content (AvgIpc) is 1.58. The van der Waals surface area contributed by atoms with Gasteiger partial charge in [0.25, 0.3) is 0 Å². The molecule has 101 heavy (non-hydrogen) atoms. The third kappa shape index (κ3) is 21.9. The lowest BCUT2D eigenvalue weighted by atomic mass is 9.78. The zero-order valence-electron chi connectivity index (χ0n) is 62.8. The molecule has 12 amide bonds. The second kappa shape index (κ2) is 37.4. The minimum Gasteiger partial charge on any atom is -0.343 e. The summed E-state index contributed by atoms with van der Waals surface area (Å²) in [4.78, 5) is 190. The van der Waals surface area contributed by atoms with Gasteiger partial charge in [-0.05, 0) is 119 Å². The number of rotatable bonds is 11. The number of hydrogen-bond donors (Lipinski definition) is 3. The number of nitrogens with one attached hydrogen (secondary N) is 3. The monoisotopic (exact) mass is 1450 g/mol. The highest BCUT2D eigenvalue weighted by Crippen LogP contribution is 2.44. The summed E-state index contributed by atoms with van der Waals surface area (Å²) in [6, 6.07) is -8.82. The Bertz CT molecular complexity index is 2900. The van der Waals surface area contributed by atoms with Gasteiger partial charge in [-0.2, -0.15) is 13.2 Å². The van der Waals surface area contributed by atoms with Crippen molar-refractivity contribution in [3.05, 3.63) is 0 Å². The Morgan fingerprint density at radius 1 is 0.564 bits per heavy atom. The quantitative estimate of drug-likeness (QED) is 0.185. The maximum Gasteiger partial charge on any atom is 0.393 e. The third-order valence-corrected chi connectivity index (χ3v) is 23.9. The van der Waals surface area contributed by atoms with Crippen molar-refractivity contribution >= 4 is 82.5 Å². The zero-order valence-corrected chi connectivity index (χ0v) is 63.6. The summed E-state index contributed by atoms with van der Waals surface area (Å²) >= 11 is 6.45. The summed E-state index contributed by atoms with van der Waals surface area (Å²) in [5.74, 6) is -10.6. The Balaban J connectivity index is 1.43. The van der Waals surface area contributed by atoms with Crippen molar-refractivity contribution in [2.24, 2.45) is 41.4 Å². The molecule has 572 valence electrons. The van der Waals surface area contributed by atoms with Gasteiger partial charge < -0.3 is 60.0 Å². The highest BCUT2D eigenvalue weighted by atomic mass is 35.5. The first-order valence-electron chi connectivity index (χ1n) is 37.4. The van der Waals surface area contributed by atoms with Gasteiger partial charge in [-0.3, -0.25) is 57.5 Å². The largest absolute Gasteiger partial charge is 0.393 e. The van der Waals surface area contributed by atoms with E-state index >= 15 is 19.2 Å². The number of likely N-dealkylation sites (tertiary alicyclic amines) is 1. The summed E-state index contributed by atoms with van der Waals surface area (Å²) in [5, 5.41) is 7.57. The van der Waals surface area contributed by atoms with Crippen molar-refractivity contribution in [1.82, 2.24) is 60.0 Å². The topological polar surface area (TPSA) is 270 Å². The molecule has 11 atom stereocenters. The van der Waals surface area contributed by atoms with Gasteiger partial charge >= 0.3 is 6.18 Å². The van der Waals surface area contributed by atoms with E-state index in [1.54, 1.807) is 25.7 Å². The number of likely N-dealkylation sites (N-methyl/N-ethyl adjacent to an activating group) is 8. The van der Waals surface area contributed by atoms with Gasteiger partial charge in [0.1, 0.15) is 47.8 Å². The molecule has 4 saturated carbocycles. The van der Waals surface area contributed by atoms with Crippen LogP contribution in [0.1, 0.15) is 202 Å². The molecule has 0 aromatic heterocycles. The van der Waals surface area contributed by atoms with Crippen LogP contribution in [0.5, 0.6) is 0 Å². The van der Waals surface area contributed by atoms with E-state index in [4.69, 9.17) is 11.6 Å². The third-order valence-electron chi connectivity index (χ3n) is 23.5. The number of hydrogen-bond acceptors (Lipinski definition) is 12. The lowest BCUT2D eigenvalue weighted by molar-refractivity contribution is -0.182. The lowest BCUT2D eigenvalue weighted by Crippen LogP contribution is -2.65. The number of amides is 12. The van der Waals surface area contributed by atoms with Crippen molar-refractivity contribution in [2.45, 2.75) is 261 Å². The number of carbonyl (C=O) groups excluding carboxylic acids is 12. The molecule has 3 N–H and O–H groups in total. The molecule has 4 aliphatic carbocycles. The smallest absolute Gasteiger partial charge is 0.343 e. The van der Waals surface area contributed by atoms with Crippen LogP contribution in [0.25, 0.3) is 0 Å². The molecular weight excluding hydrogens is 1330 g/mol. The fraction of sp³-hybridized carbons (Fsp3) is 0.836. The molecule has 0 aromatic carbocycles. The summed E-state index contributed by atoms with van der Waals surface area (Å²) in [6.07, 6.45) is 6.87. The summed E-state index contributed by atoms with van der Waals surface area (Å²) in [6.45, 7) is 9.76. The Labute approximate surface area is 602 Å². The standard InChI is InChI=1S/C73H120ClF3N12O12/c1-15-47(5)62-69(99)83(9)43-60(92)81(7)44-61(93)85(11)56(40-49-24-18-16-19-25-49)67(97)82(8)42-58(90)78-54(33-31-50-30-32-52(53(74)38-50)73(75,76)77)66(96)86(12)55(39-51-28-26-46(4)27-29-51)65(95)80-72(34-20-21-35-72)71(101)88(14)63(45(2)3)70(100)87(13)57(68(98)89-36-22-17-23-37-89)41-59(91)84(10)48(6)64(94)79-62/h45-57,62-63H,15-44H2,1-14H3,(H,78,90)(H,79,94)(H,80,95)/t46?,47-,48-,50?,51?,52?,53?,54-,55-,56-,57-,62-,63-/m0/s1. The maximum atomic E-state index is 15.7. The van der Waals surface area contributed by atoms with Crippen LogP contribution in [-0.2, 0) is 57.5 Å². The van der Waals surface area contributed by atoms with Crippen LogP contribution in [-0.4, -0.2) is 263 Å². The normalized spacial score (nSPS) is 30.7. The van der Waals surface area contributed by atoms with Gasteiger partial charge in [-0.15, -0.1) is 11.6 Å². The van der Waals surface area contributed by atoms with Crippen molar-refractivity contribution in [1.29, 1.82) is 0 Å².